The fraction of sp³-hybridized carbons (Fsp3) is 0.238. The number of hydrogen-bond acceptors (Lipinski definition) is 6. The summed E-state index contributed by atoms with van der Waals surface area (Å²) in [6.45, 7) is 4.69. The second-order valence-corrected chi connectivity index (χ2v) is 11.6. The Morgan fingerprint density at radius 2 is 1.81 bits per heavy atom. The third-order valence-electron chi connectivity index (χ3n) is 5.14. The Kier molecular flexibility index (Phi) is 4.82. The van der Waals surface area contributed by atoms with Crippen molar-refractivity contribution in [3.63, 3.8) is 0 Å². The fourth-order valence-corrected chi connectivity index (χ4v) is 7.10. The van der Waals surface area contributed by atoms with Crippen LogP contribution in [0, 0.1) is 12.3 Å². The Morgan fingerprint density at radius 1 is 1.10 bits per heavy atom. The van der Waals surface area contributed by atoms with Gasteiger partial charge in [-0.15, -0.1) is 0 Å². The van der Waals surface area contributed by atoms with E-state index in [4.69, 9.17) is 0 Å². The minimum atomic E-state index is -3.98. The maximum Gasteiger partial charge on any atom is 0.262 e. The van der Waals surface area contributed by atoms with Crippen LogP contribution in [-0.4, -0.2) is 33.5 Å². The van der Waals surface area contributed by atoms with Crippen molar-refractivity contribution in [2.45, 2.75) is 25.7 Å². The predicted molar refractivity (Wildman–Crippen MR) is 119 cm³/mol. The van der Waals surface area contributed by atoms with E-state index in [9.17, 15) is 21.6 Å². The van der Waals surface area contributed by atoms with Gasteiger partial charge in [0.2, 0.25) is 15.9 Å². The lowest BCUT2D eigenvalue weighted by molar-refractivity contribution is -0.123. The Morgan fingerprint density at radius 3 is 2.45 bits per heavy atom. The molecule has 0 spiro atoms. The number of carbonyl (C=O) groups is 1. The molecule has 0 radical (unpaired) electrons. The van der Waals surface area contributed by atoms with Gasteiger partial charge in [0.15, 0.2) is 0 Å². The normalized spacial score (nSPS) is 17.8. The van der Waals surface area contributed by atoms with E-state index in [0.29, 0.717) is 16.8 Å². The number of fused-ring (bicyclic) bond motifs is 1. The van der Waals surface area contributed by atoms with Gasteiger partial charge in [-0.1, -0.05) is 18.2 Å². The van der Waals surface area contributed by atoms with E-state index in [2.05, 4.69) is 9.71 Å². The summed E-state index contributed by atoms with van der Waals surface area (Å²) < 4.78 is 54.5. The van der Waals surface area contributed by atoms with Crippen LogP contribution >= 0.6 is 0 Å². The highest BCUT2D eigenvalue weighted by atomic mass is 32.2. The first-order chi connectivity index (χ1) is 14.4. The Bertz CT molecular complexity index is 1430. The first kappa shape index (κ1) is 21.3. The summed E-state index contributed by atoms with van der Waals surface area (Å²) in [7, 11) is -7.81. The Hall–Kier alpha value is -2.98. The summed E-state index contributed by atoms with van der Waals surface area (Å²) in [6.07, 6.45) is 1.58. The summed E-state index contributed by atoms with van der Waals surface area (Å²) in [5, 5.41) is 0.787. The molecule has 0 saturated carbocycles. The monoisotopic (exact) mass is 459 g/mol. The van der Waals surface area contributed by atoms with Gasteiger partial charge in [0.05, 0.1) is 33.0 Å². The van der Waals surface area contributed by atoms with Crippen molar-refractivity contribution in [3.8, 4) is 0 Å². The van der Waals surface area contributed by atoms with Gasteiger partial charge >= 0.3 is 0 Å². The summed E-state index contributed by atoms with van der Waals surface area (Å²) in [5.74, 6) is -0.837. The number of amides is 1. The van der Waals surface area contributed by atoms with Gasteiger partial charge in [-0.3, -0.25) is 14.5 Å². The molecule has 1 aliphatic rings. The summed E-state index contributed by atoms with van der Waals surface area (Å²) in [4.78, 5) is 16.8. The lowest BCUT2D eigenvalue weighted by atomic mass is 9.95. The van der Waals surface area contributed by atoms with Gasteiger partial charge in [0, 0.05) is 11.6 Å². The zero-order chi connectivity index (χ0) is 22.6. The molecule has 1 aromatic heterocycles. The van der Waals surface area contributed by atoms with E-state index in [0.717, 1.165) is 9.69 Å². The lowest BCUT2D eigenvalue weighted by Gasteiger charge is -2.19. The van der Waals surface area contributed by atoms with E-state index >= 15 is 0 Å². The number of benzene rings is 2. The van der Waals surface area contributed by atoms with Crippen LogP contribution in [0.2, 0.25) is 0 Å². The van der Waals surface area contributed by atoms with Crippen LogP contribution < -0.4 is 9.03 Å². The molecule has 4 rings (SSSR count). The molecule has 1 saturated heterocycles. The molecule has 31 heavy (non-hydrogen) atoms. The SMILES string of the molecule is Cc1cc(N2C(=O)C(C)(C)CS2(=O)=O)ccc1S(=O)(=O)Nc1cccc2cccnc12. The minimum absolute atomic E-state index is 0.0208. The first-order valence-corrected chi connectivity index (χ1v) is 12.6. The number of sulfonamides is 2. The number of nitrogens with zero attached hydrogens (tertiary/aromatic N) is 2. The van der Waals surface area contributed by atoms with Crippen LogP contribution in [0.5, 0.6) is 0 Å². The van der Waals surface area contributed by atoms with Crippen LogP contribution in [0.1, 0.15) is 19.4 Å². The molecule has 0 aliphatic carbocycles. The number of hydrogen-bond donors (Lipinski definition) is 1. The smallest absolute Gasteiger partial charge is 0.262 e. The molecule has 0 atom stereocenters. The van der Waals surface area contributed by atoms with E-state index in [1.807, 2.05) is 12.1 Å². The maximum atomic E-state index is 13.1. The van der Waals surface area contributed by atoms with Crippen LogP contribution in [0.15, 0.2) is 59.6 Å². The van der Waals surface area contributed by atoms with Gasteiger partial charge in [-0.25, -0.2) is 21.1 Å². The number of rotatable bonds is 4. The topological polar surface area (TPSA) is 114 Å². The van der Waals surface area contributed by atoms with E-state index in [1.165, 1.54) is 18.2 Å². The van der Waals surface area contributed by atoms with E-state index in [-0.39, 0.29) is 16.3 Å². The molecule has 162 valence electrons. The van der Waals surface area contributed by atoms with Crippen LogP contribution in [0.4, 0.5) is 11.4 Å². The number of aromatic nitrogens is 1. The highest BCUT2D eigenvalue weighted by Crippen LogP contribution is 2.37. The Balaban J connectivity index is 1.72. The number of carbonyl (C=O) groups excluding carboxylic acids is 1. The highest BCUT2D eigenvalue weighted by Gasteiger charge is 2.50. The third kappa shape index (κ3) is 3.66. The Labute approximate surface area is 181 Å². The fourth-order valence-electron chi connectivity index (χ4n) is 3.71. The number of anilines is 2. The maximum absolute atomic E-state index is 13.1. The van der Waals surface area contributed by atoms with E-state index < -0.39 is 31.4 Å². The highest BCUT2D eigenvalue weighted by molar-refractivity contribution is 7.94. The zero-order valence-electron chi connectivity index (χ0n) is 17.2. The number of aryl methyl sites for hydroxylation is 1. The van der Waals surface area contributed by atoms with Crippen molar-refractivity contribution in [2.24, 2.45) is 5.41 Å². The molecular formula is C21H21N3O5S2. The molecule has 8 nitrogen and oxygen atoms in total. The molecule has 3 aromatic rings. The molecule has 1 amide bonds. The summed E-state index contributed by atoms with van der Waals surface area (Å²) in [6, 6.07) is 12.8. The number of nitrogens with one attached hydrogen (secondary N) is 1. The van der Waals surface area contributed by atoms with Crippen LogP contribution in [-0.2, 0) is 24.8 Å². The van der Waals surface area contributed by atoms with Gasteiger partial charge in [0.25, 0.3) is 10.0 Å². The zero-order valence-corrected chi connectivity index (χ0v) is 18.8. The molecule has 1 fully saturated rings. The lowest BCUT2D eigenvalue weighted by Crippen LogP contribution is -2.33. The third-order valence-corrected chi connectivity index (χ3v) is 8.69. The molecule has 10 heteroatoms. The van der Waals surface area contributed by atoms with Crippen molar-refractivity contribution in [3.05, 3.63) is 60.3 Å². The molecule has 0 unspecified atom stereocenters. The van der Waals surface area contributed by atoms with Gasteiger partial charge in [-0.05, 0) is 56.7 Å². The van der Waals surface area contributed by atoms with Crippen molar-refractivity contribution in [1.29, 1.82) is 0 Å². The summed E-state index contributed by atoms with van der Waals surface area (Å²) in [5.41, 5.74) is 0.240. The van der Waals surface area contributed by atoms with Crippen molar-refractivity contribution in [1.82, 2.24) is 4.98 Å². The number of para-hydroxylation sites is 1. The minimum Gasteiger partial charge on any atom is -0.277 e. The van der Waals surface area contributed by atoms with Crippen LogP contribution in [0.25, 0.3) is 10.9 Å². The largest absolute Gasteiger partial charge is 0.277 e. The average Bonchev–Trinajstić information content (AvgIpc) is 2.84. The van der Waals surface area contributed by atoms with Crippen LogP contribution in [0.3, 0.4) is 0 Å². The molecule has 1 N–H and O–H groups in total. The first-order valence-electron chi connectivity index (χ1n) is 9.47. The standard InChI is InChI=1S/C21H21N3O5S2/c1-14-12-16(24-20(25)21(2,3)13-30(24,26)27)9-10-18(14)31(28,29)23-17-8-4-6-15-7-5-11-22-19(15)17/h4-12,23H,13H2,1-3H3. The van der Waals surface area contributed by atoms with Gasteiger partial charge < -0.3 is 0 Å². The number of pyridine rings is 1. The van der Waals surface area contributed by atoms with Crippen molar-refractivity contribution in [2.75, 3.05) is 14.8 Å². The second kappa shape index (κ2) is 7.03. The van der Waals surface area contributed by atoms with Crippen molar-refractivity contribution >= 4 is 48.2 Å². The second-order valence-electron chi connectivity index (χ2n) is 8.15. The average molecular weight is 460 g/mol. The molecule has 1 aliphatic heterocycles. The van der Waals surface area contributed by atoms with Crippen molar-refractivity contribution < 1.29 is 21.6 Å². The van der Waals surface area contributed by atoms with E-state index in [1.54, 1.807) is 45.2 Å². The molecule has 2 heterocycles. The quantitative estimate of drug-likeness (QED) is 0.642. The summed E-state index contributed by atoms with van der Waals surface area (Å²) >= 11 is 0. The van der Waals surface area contributed by atoms with Gasteiger partial charge in [-0.2, -0.15) is 0 Å². The van der Waals surface area contributed by atoms with Gasteiger partial charge in [0.1, 0.15) is 0 Å². The molecule has 2 aromatic carbocycles. The molecular weight excluding hydrogens is 438 g/mol. The predicted octanol–water partition coefficient (Wildman–Crippen LogP) is 3.05. The molecule has 0 bridgehead atoms.